The number of fused-ring (bicyclic) bond motifs is 1. The smallest absolute Gasteiger partial charge is 0.378 e. The zero-order chi connectivity index (χ0) is 26.9. The fourth-order valence-electron chi connectivity index (χ4n) is 4.74. The van der Waals surface area contributed by atoms with E-state index in [0.717, 1.165) is 17.0 Å². The summed E-state index contributed by atoms with van der Waals surface area (Å²) in [5, 5.41) is 2.62. The van der Waals surface area contributed by atoms with Crippen molar-refractivity contribution < 1.29 is 32.3 Å². The minimum absolute atomic E-state index is 0.00993. The molecule has 38 heavy (non-hydrogen) atoms. The van der Waals surface area contributed by atoms with Gasteiger partial charge in [0.05, 0.1) is 41.3 Å². The monoisotopic (exact) mass is 523 g/mol. The van der Waals surface area contributed by atoms with Crippen LogP contribution in [0.5, 0.6) is 0 Å². The van der Waals surface area contributed by atoms with Crippen LogP contribution in [-0.4, -0.2) is 55.0 Å². The standard InChI is InChI=1S/C28H24F3N3O4/c29-28(30,31)19-10-11-23(33-12-14-38-15-13-33)22(17-19)32-25(35)24(16-18-6-2-1-3-7-18)34-26(36)20-8-4-5-9-21(20)27(34)37/h1-11,17,24H,12-16H2,(H,32,35)/t24-/m0/s1. The molecule has 0 bridgehead atoms. The Morgan fingerprint density at radius 1 is 0.895 bits per heavy atom. The van der Waals surface area contributed by atoms with E-state index in [4.69, 9.17) is 4.74 Å². The van der Waals surface area contributed by atoms with E-state index in [1.807, 2.05) is 4.90 Å². The van der Waals surface area contributed by atoms with Crippen LogP contribution in [0.15, 0.2) is 72.8 Å². The number of nitrogens with one attached hydrogen (secondary N) is 1. The van der Waals surface area contributed by atoms with Gasteiger partial charge in [0.2, 0.25) is 5.91 Å². The molecule has 1 atom stereocenters. The minimum Gasteiger partial charge on any atom is -0.378 e. The topological polar surface area (TPSA) is 79.0 Å². The molecule has 1 saturated heterocycles. The third-order valence-electron chi connectivity index (χ3n) is 6.65. The van der Waals surface area contributed by atoms with Crippen molar-refractivity contribution in [3.05, 3.63) is 95.1 Å². The highest BCUT2D eigenvalue weighted by Crippen LogP contribution is 2.36. The number of carbonyl (C=O) groups is 3. The highest BCUT2D eigenvalue weighted by Gasteiger charge is 2.43. The SMILES string of the molecule is O=C(Nc1cc(C(F)(F)F)ccc1N1CCOCC1)[C@H](Cc1ccccc1)N1C(=O)c2ccccc2C1=O. The average molecular weight is 524 g/mol. The Morgan fingerprint density at radius 3 is 2.11 bits per heavy atom. The van der Waals surface area contributed by atoms with E-state index >= 15 is 0 Å². The number of imide groups is 1. The van der Waals surface area contributed by atoms with E-state index in [1.54, 1.807) is 42.5 Å². The van der Waals surface area contributed by atoms with Crippen LogP contribution in [0.25, 0.3) is 0 Å². The highest BCUT2D eigenvalue weighted by molar-refractivity contribution is 6.23. The van der Waals surface area contributed by atoms with Crippen LogP contribution in [0.3, 0.4) is 0 Å². The second kappa shape index (κ2) is 10.3. The molecular weight excluding hydrogens is 499 g/mol. The quantitative estimate of drug-likeness (QED) is 0.485. The van der Waals surface area contributed by atoms with Crippen molar-refractivity contribution >= 4 is 29.1 Å². The molecule has 1 N–H and O–H groups in total. The summed E-state index contributed by atoms with van der Waals surface area (Å²) in [6.07, 6.45) is -4.64. The zero-order valence-corrected chi connectivity index (χ0v) is 20.2. The molecule has 5 rings (SSSR count). The van der Waals surface area contributed by atoms with Crippen molar-refractivity contribution in [1.29, 1.82) is 0 Å². The second-order valence-electron chi connectivity index (χ2n) is 9.05. The summed E-state index contributed by atoms with van der Waals surface area (Å²) in [6, 6.07) is 16.9. The van der Waals surface area contributed by atoms with E-state index in [1.165, 1.54) is 18.2 Å². The van der Waals surface area contributed by atoms with Gasteiger partial charge in [-0.05, 0) is 35.9 Å². The molecule has 0 saturated carbocycles. The molecule has 0 spiro atoms. The third-order valence-corrected chi connectivity index (χ3v) is 6.65. The Bertz CT molecular complexity index is 1340. The highest BCUT2D eigenvalue weighted by atomic mass is 19.4. The van der Waals surface area contributed by atoms with E-state index in [-0.39, 0.29) is 23.2 Å². The molecule has 2 aliphatic rings. The van der Waals surface area contributed by atoms with E-state index in [2.05, 4.69) is 5.32 Å². The molecule has 0 radical (unpaired) electrons. The number of alkyl halides is 3. The number of amides is 3. The summed E-state index contributed by atoms with van der Waals surface area (Å²) in [6.45, 7) is 1.64. The van der Waals surface area contributed by atoms with Crippen molar-refractivity contribution in [3.8, 4) is 0 Å². The Hall–Kier alpha value is -4.18. The molecular formula is C28H24F3N3O4. The number of rotatable bonds is 6. The molecule has 2 aliphatic heterocycles. The molecule has 3 amide bonds. The van der Waals surface area contributed by atoms with Crippen LogP contribution in [-0.2, 0) is 22.1 Å². The summed E-state index contributed by atoms with van der Waals surface area (Å²) in [7, 11) is 0. The zero-order valence-electron chi connectivity index (χ0n) is 20.2. The molecule has 0 unspecified atom stereocenters. The second-order valence-corrected chi connectivity index (χ2v) is 9.05. The summed E-state index contributed by atoms with van der Waals surface area (Å²) in [5.41, 5.74) is 0.455. The normalized spacial score (nSPS) is 16.4. The fourth-order valence-corrected chi connectivity index (χ4v) is 4.74. The lowest BCUT2D eigenvalue weighted by molar-refractivity contribution is -0.137. The number of benzene rings is 3. The maximum atomic E-state index is 13.8. The van der Waals surface area contributed by atoms with Gasteiger partial charge in [-0.3, -0.25) is 19.3 Å². The average Bonchev–Trinajstić information content (AvgIpc) is 3.17. The van der Waals surface area contributed by atoms with E-state index in [9.17, 15) is 27.6 Å². The number of halogens is 3. The van der Waals surface area contributed by atoms with Gasteiger partial charge < -0.3 is 15.0 Å². The molecule has 1 fully saturated rings. The number of anilines is 2. The van der Waals surface area contributed by atoms with Gasteiger partial charge in [-0.25, -0.2) is 0 Å². The Labute approximate surface area is 216 Å². The summed E-state index contributed by atoms with van der Waals surface area (Å²) >= 11 is 0. The van der Waals surface area contributed by atoms with E-state index < -0.39 is 35.5 Å². The number of hydrogen-bond donors (Lipinski definition) is 1. The van der Waals surface area contributed by atoms with Crippen molar-refractivity contribution in [2.45, 2.75) is 18.6 Å². The largest absolute Gasteiger partial charge is 0.416 e. The molecule has 2 heterocycles. The van der Waals surface area contributed by atoms with Crippen LogP contribution < -0.4 is 10.2 Å². The van der Waals surface area contributed by atoms with Crippen LogP contribution in [0.1, 0.15) is 31.8 Å². The van der Waals surface area contributed by atoms with Gasteiger partial charge in [-0.1, -0.05) is 42.5 Å². The molecule has 10 heteroatoms. The first kappa shape index (κ1) is 25.5. The minimum atomic E-state index is -4.63. The molecule has 0 aromatic heterocycles. The summed E-state index contributed by atoms with van der Waals surface area (Å²) in [4.78, 5) is 43.0. The lowest BCUT2D eigenvalue weighted by atomic mass is 10.0. The number of carbonyl (C=O) groups excluding carboxylic acids is 3. The van der Waals surface area contributed by atoms with Crippen molar-refractivity contribution in [2.24, 2.45) is 0 Å². The summed E-state index contributed by atoms with van der Waals surface area (Å²) in [5.74, 6) is -2.02. The first-order valence-electron chi connectivity index (χ1n) is 12.1. The van der Waals surface area contributed by atoms with E-state index in [0.29, 0.717) is 37.6 Å². The van der Waals surface area contributed by atoms with Gasteiger partial charge in [0, 0.05) is 19.5 Å². The molecule has 0 aliphatic carbocycles. The molecule has 196 valence electrons. The van der Waals surface area contributed by atoms with Gasteiger partial charge in [0.15, 0.2) is 0 Å². The number of nitrogens with zero attached hydrogens (tertiary/aromatic N) is 2. The Kier molecular flexibility index (Phi) is 6.90. The number of morpholine rings is 1. The Morgan fingerprint density at radius 2 is 1.50 bits per heavy atom. The van der Waals surface area contributed by atoms with Crippen molar-refractivity contribution in [1.82, 2.24) is 4.90 Å². The van der Waals surface area contributed by atoms with Crippen LogP contribution >= 0.6 is 0 Å². The molecule has 7 nitrogen and oxygen atoms in total. The van der Waals surface area contributed by atoms with Crippen molar-refractivity contribution in [2.75, 3.05) is 36.5 Å². The summed E-state index contributed by atoms with van der Waals surface area (Å²) < 4.78 is 46.1. The van der Waals surface area contributed by atoms with Gasteiger partial charge >= 0.3 is 6.18 Å². The lowest BCUT2D eigenvalue weighted by Gasteiger charge is -2.32. The maximum absolute atomic E-state index is 13.8. The van der Waals surface area contributed by atoms with Crippen LogP contribution in [0.4, 0.5) is 24.5 Å². The molecule has 3 aromatic rings. The number of hydrogen-bond acceptors (Lipinski definition) is 5. The fraction of sp³-hybridized carbons (Fsp3) is 0.250. The van der Waals surface area contributed by atoms with Crippen LogP contribution in [0, 0.1) is 0 Å². The predicted octanol–water partition coefficient (Wildman–Crippen LogP) is 4.39. The van der Waals surface area contributed by atoms with Gasteiger partial charge in [-0.15, -0.1) is 0 Å². The first-order chi connectivity index (χ1) is 18.2. The maximum Gasteiger partial charge on any atom is 0.416 e. The third kappa shape index (κ3) is 4.99. The first-order valence-corrected chi connectivity index (χ1v) is 12.1. The van der Waals surface area contributed by atoms with Gasteiger partial charge in [0.25, 0.3) is 11.8 Å². The van der Waals surface area contributed by atoms with Crippen LogP contribution in [0.2, 0.25) is 0 Å². The van der Waals surface area contributed by atoms with Gasteiger partial charge in [-0.2, -0.15) is 13.2 Å². The Balaban J connectivity index is 1.52. The lowest BCUT2D eigenvalue weighted by Crippen LogP contribution is -2.48. The predicted molar refractivity (Wildman–Crippen MR) is 134 cm³/mol. The number of ether oxygens (including phenoxy) is 1. The van der Waals surface area contributed by atoms with Gasteiger partial charge in [0.1, 0.15) is 6.04 Å². The van der Waals surface area contributed by atoms with Crippen molar-refractivity contribution in [3.63, 3.8) is 0 Å². The molecule has 3 aromatic carbocycles.